The number of carbonyl (C=O) groups excluding carboxylic acids is 2. The molecule has 0 amide bonds. The van der Waals surface area contributed by atoms with Gasteiger partial charge < -0.3 is 4.57 Å². The van der Waals surface area contributed by atoms with Gasteiger partial charge in [0, 0.05) is 23.7 Å². The zero-order chi connectivity index (χ0) is 25.1. The standard InChI is InChI=1S/C30H19N5O2/c1-34-26-14-21(13-25-27(36)23-11-19-9-5-6-10-20(19)12-24(23)28(25)37)35(22-15-31-17-32-16-22)30(26)33-29(34)18-7-3-2-4-8-18/h2-17H,1H3. The number of imidazole rings is 1. The van der Waals surface area contributed by atoms with Crippen LogP contribution in [-0.4, -0.2) is 35.7 Å². The second-order valence-electron chi connectivity index (χ2n) is 9.03. The molecule has 0 spiro atoms. The highest BCUT2D eigenvalue weighted by atomic mass is 16.2. The van der Waals surface area contributed by atoms with Crippen LogP contribution in [0.1, 0.15) is 26.4 Å². The summed E-state index contributed by atoms with van der Waals surface area (Å²) in [7, 11) is 1.95. The fourth-order valence-electron chi connectivity index (χ4n) is 5.07. The van der Waals surface area contributed by atoms with Gasteiger partial charge in [0.05, 0.1) is 34.9 Å². The lowest BCUT2D eigenvalue weighted by molar-refractivity contribution is 0.0990. The van der Waals surface area contributed by atoms with Crippen molar-refractivity contribution >= 4 is 39.6 Å². The van der Waals surface area contributed by atoms with E-state index in [1.54, 1.807) is 30.6 Å². The summed E-state index contributed by atoms with van der Waals surface area (Å²) in [6, 6.07) is 23.2. The highest BCUT2D eigenvalue weighted by Crippen LogP contribution is 2.34. The van der Waals surface area contributed by atoms with Gasteiger partial charge in [0.25, 0.3) is 0 Å². The molecule has 0 unspecified atom stereocenters. The van der Waals surface area contributed by atoms with E-state index in [1.165, 1.54) is 6.33 Å². The Labute approximate surface area is 211 Å². The molecule has 176 valence electrons. The summed E-state index contributed by atoms with van der Waals surface area (Å²) in [6.07, 6.45) is 6.49. The molecule has 3 heterocycles. The zero-order valence-corrected chi connectivity index (χ0v) is 19.8. The van der Waals surface area contributed by atoms with Gasteiger partial charge in [-0.2, -0.15) is 0 Å². The Hall–Kier alpha value is -5.17. The summed E-state index contributed by atoms with van der Waals surface area (Å²) in [5.41, 5.74) is 4.87. The molecule has 3 aromatic carbocycles. The first-order valence-electron chi connectivity index (χ1n) is 11.8. The van der Waals surface area contributed by atoms with E-state index in [-0.39, 0.29) is 17.1 Å². The average molecular weight is 482 g/mol. The number of hydrogen-bond donors (Lipinski definition) is 0. The van der Waals surface area contributed by atoms with E-state index in [1.807, 2.05) is 76.8 Å². The highest BCUT2D eigenvalue weighted by molar-refractivity contribution is 6.42. The number of benzene rings is 3. The lowest BCUT2D eigenvalue weighted by Gasteiger charge is -2.07. The van der Waals surface area contributed by atoms with Crippen LogP contribution < -0.4 is 0 Å². The number of rotatable bonds is 3. The molecule has 0 fully saturated rings. The SMILES string of the molecule is Cn1c(-c2ccccc2)nc2c1cc(C=C1C(=O)c3cc4ccccc4cc3C1=O)n2-c1cncnc1. The predicted octanol–water partition coefficient (Wildman–Crippen LogP) is 5.44. The van der Waals surface area contributed by atoms with Gasteiger partial charge in [0.15, 0.2) is 17.2 Å². The van der Waals surface area contributed by atoms with Gasteiger partial charge in [-0.05, 0) is 35.0 Å². The zero-order valence-electron chi connectivity index (χ0n) is 19.8. The van der Waals surface area contributed by atoms with Gasteiger partial charge in [-0.15, -0.1) is 0 Å². The van der Waals surface area contributed by atoms with Crippen molar-refractivity contribution in [3.63, 3.8) is 0 Å². The first-order valence-corrected chi connectivity index (χ1v) is 11.8. The number of nitrogens with zero attached hydrogens (tertiary/aromatic N) is 5. The molecule has 0 saturated heterocycles. The molecule has 7 nitrogen and oxygen atoms in total. The Bertz CT molecular complexity index is 1860. The Kier molecular flexibility index (Phi) is 4.53. The van der Waals surface area contributed by atoms with Crippen LogP contribution in [0.5, 0.6) is 0 Å². The van der Waals surface area contributed by atoms with Crippen LogP contribution in [0.4, 0.5) is 0 Å². The second kappa shape index (κ2) is 7.93. The molecule has 0 saturated carbocycles. The summed E-state index contributed by atoms with van der Waals surface area (Å²) >= 11 is 0. The first kappa shape index (κ1) is 21.1. The number of fused-ring (bicyclic) bond motifs is 3. The summed E-state index contributed by atoms with van der Waals surface area (Å²) in [5.74, 6) is 0.261. The van der Waals surface area contributed by atoms with Gasteiger partial charge in [0.1, 0.15) is 12.2 Å². The van der Waals surface area contributed by atoms with Crippen LogP contribution in [0.3, 0.4) is 0 Å². The van der Waals surface area contributed by atoms with Gasteiger partial charge >= 0.3 is 0 Å². The summed E-state index contributed by atoms with van der Waals surface area (Å²) < 4.78 is 3.89. The summed E-state index contributed by atoms with van der Waals surface area (Å²) in [5, 5.41) is 1.86. The maximum atomic E-state index is 13.4. The molecule has 0 aliphatic heterocycles. The minimum atomic E-state index is -0.273. The topological polar surface area (TPSA) is 82.7 Å². The lowest BCUT2D eigenvalue weighted by Crippen LogP contribution is -2.04. The Morgan fingerprint density at radius 1 is 0.784 bits per heavy atom. The average Bonchev–Trinajstić information content (AvgIpc) is 3.53. The number of hydrogen-bond acceptors (Lipinski definition) is 5. The molecule has 0 N–H and O–H groups in total. The maximum absolute atomic E-state index is 13.4. The molecule has 0 radical (unpaired) electrons. The van der Waals surface area contributed by atoms with Gasteiger partial charge in [-0.1, -0.05) is 54.6 Å². The van der Waals surface area contributed by atoms with Crippen molar-refractivity contribution in [3.8, 4) is 17.1 Å². The van der Waals surface area contributed by atoms with Crippen LogP contribution in [0, 0.1) is 0 Å². The van der Waals surface area contributed by atoms with Crippen LogP contribution in [0.15, 0.2) is 97.1 Å². The number of aryl methyl sites for hydroxylation is 1. The van der Waals surface area contributed by atoms with Crippen LogP contribution in [0.25, 0.3) is 45.1 Å². The van der Waals surface area contributed by atoms with Crippen molar-refractivity contribution in [1.82, 2.24) is 24.1 Å². The molecular formula is C30H19N5O2. The number of carbonyl (C=O) groups is 2. The van der Waals surface area contributed by atoms with Gasteiger partial charge in [-0.3, -0.25) is 14.2 Å². The molecule has 3 aromatic heterocycles. The summed E-state index contributed by atoms with van der Waals surface area (Å²) in [6.45, 7) is 0. The molecule has 7 heteroatoms. The molecule has 1 aliphatic carbocycles. The number of Topliss-reactive ketones (excluding diaryl/α,β-unsaturated/α-hetero) is 2. The molecule has 0 atom stereocenters. The molecule has 7 rings (SSSR count). The first-order chi connectivity index (χ1) is 18.1. The van der Waals surface area contributed by atoms with Gasteiger partial charge in [-0.25, -0.2) is 15.0 Å². The Balaban J connectivity index is 1.43. The third-order valence-corrected chi connectivity index (χ3v) is 6.87. The molecule has 6 aromatic rings. The van der Waals surface area contributed by atoms with E-state index in [4.69, 9.17) is 4.98 Å². The summed E-state index contributed by atoms with van der Waals surface area (Å²) in [4.78, 5) is 40.1. The molecular weight excluding hydrogens is 462 g/mol. The number of aromatic nitrogens is 5. The maximum Gasteiger partial charge on any atom is 0.197 e. The lowest BCUT2D eigenvalue weighted by atomic mass is 10.0. The van der Waals surface area contributed by atoms with Crippen molar-refractivity contribution in [2.24, 2.45) is 7.05 Å². The predicted molar refractivity (Wildman–Crippen MR) is 142 cm³/mol. The van der Waals surface area contributed by atoms with Crippen LogP contribution in [-0.2, 0) is 7.05 Å². The van der Waals surface area contributed by atoms with E-state index >= 15 is 0 Å². The fraction of sp³-hybridized carbons (Fsp3) is 0.0333. The van der Waals surface area contributed by atoms with E-state index in [0.29, 0.717) is 28.2 Å². The van der Waals surface area contributed by atoms with Crippen molar-refractivity contribution in [1.29, 1.82) is 0 Å². The normalized spacial score (nSPS) is 13.1. The van der Waals surface area contributed by atoms with E-state index in [0.717, 1.165) is 27.7 Å². The van der Waals surface area contributed by atoms with Crippen LogP contribution in [0.2, 0.25) is 0 Å². The molecule has 37 heavy (non-hydrogen) atoms. The van der Waals surface area contributed by atoms with E-state index in [2.05, 4.69) is 9.97 Å². The van der Waals surface area contributed by atoms with Gasteiger partial charge in [0.2, 0.25) is 0 Å². The largest absolute Gasteiger partial charge is 0.326 e. The third kappa shape index (κ3) is 3.18. The Morgan fingerprint density at radius 3 is 2.05 bits per heavy atom. The van der Waals surface area contributed by atoms with E-state index in [9.17, 15) is 9.59 Å². The van der Waals surface area contributed by atoms with Crippen molar-refractivity contribution in [2.45, 2.75) is 0 Å². The monoisotopic (exact) mass is 481 g/mol. The quantitative estimate of drug-likeness (QED) is 0.248. The highest BCUT2D eigenvalue weighted by Gasteiger charge is 2.34. The van der Waals surface area contributed by atoms with Crippen molar-refractivity contribution < 1.29 is 9.59 Å². The van der Waals surface area contributed by atoms with Crippen LogP contribution >= 0.6 is 0 Å². The Morgan fingerprint density at radius 2 is 1.41 bits per heavy atom. The van der Waals surface area contributed by atoms with Crippen molar-refractivity contribution in [3.05, 3.63) is 114 Å². The fourth-order valence-corrected chi connectivity index (χ4v) is 5.07. The van der Waals surface area contributed by atoms with Crippen molar-refractivity contribution in [2.75, 3.05) is 0 Å². The third-order valence-electron chi connectivity index (χ3n) is 6.87. The second-order valence-corrected chi connectivity index (χ2v) is 9.03. The minimum Gasteiger partial charge on any atom is -0.326 e. The number of allylic oxidation sites excluding steroid dienone is 1. The van der Waals surface area contributed by atoms with E-state index < -0.39 is 0 Å². The smallest absolute Gasteiger partial charge is 0.197 e. The molecule has 0 bridgehead atoms. The number of ketones is 2. The molecule has 1 aliphatic rings. The minimum absolute atomic E-state index is 0.134.